The average molecular weight is 351 g/mol. The zero-order valence-electron chi connectivity index (χ0n) is 12.1. The fraction of sp³-hybridized carbons (Fsp3) is 0.0588. The molecule has 3 aromatic rings. The number of alkyl halides is 3. The van der Waals surface area contributed by atoms with Crippen molar-refractivity contribution >= 4 is 17.9 Å². The third-order valence-corrected chi connectivity index (χ3v) is 3.77. The van der Waals surface area contributed by atoms with Gasteiger partial charge in [-0.1, -0.05) is 35.9 Å². The van der Waals surface area contributed by atoms with E-state index in [0.29, 0.717) is 12.0 Å². The van der Waals surface area contributed by atoms with E-state index in [1.807, 2.05) is 6.07 Å². The second kappa shape index (κ2) is 6.13. The van der Waals surface area contributed by atoms with Crippen molar-refractivity contribution < 1.29 is 18.0 Å². The molecule has 0 aliphatic heterocycles. The maximum absolute atomic E-state index is 13.0. The molecular weight excluding hydrogens is 341 g/mol. The van der Waals surface area contributed by atoms with Crippen molar-refractivity contribution in [1.82, 2.24) is 9.78 Å². The van der Waals surface area contributed by atoms with Crippen LogP contribution in [0, 0.1) is 0 Å². The van der Waals surface area contributed by atoms with Gasteiger partial charge in [0.2, 0.25) is 0 Å². The lowest BCUT2D eigenvalue weighted by Crippen LogP contribution is -2.06. The van der Waals surface area contributed by atoms with Gasteiger partial charge in [0, 0.05) is 11.8 Å². The van der Waals surface area contributed by atoms with Crippen LogP contribution in [0.1, 0.15) is 15.9 Å². The molecule has 122 valence electrons. The molecule has 24 heavy (non-hydrogen) atoms. The highest BCUT2D eigenvalue weighted by molar-refractivity contribution is 6.31. The number of carbonyl (C=O) groups is 1. The first-order chi connectivity index (χ1) is 11.4. The number of para-hydroxylation sites is 1. The quantitative estimate of drug-likeness (QED) is 0.621. The molecule has 3 rings (SSSR count). The maximum atomic E-state index is 13.0. The lowest BCUT2D eigenvalue weighted by atomic mass is 10.1. The maximum Gasteiger partial charge on any atom is 0.417 e. The van der Waals surface area contributed by atoms with Gasteiger partial charge in [-0.3, -0.25) is 4.79 Å². The molecule has 2 aromatic carbocycles. The third-order valence-electron chi connectivity index (χ3n) is 3.44. The topological polar surface area (TPSA) is 34.9 Å². The average Bonchev–Trinajstić information content (AvgIpc) is 2.99. The van der Waals surface area contributed by atoms with E-state index < -0.39 is 16.8 Å². The van der Waals surface area contributed by atoms with Gasteiger partial charge in [-0.15, -0.1) is 0 Å². The summed E-state index contributed by atoms with van der Waals surface area (Å²) < 4.78 is 40.5. The molecule has 3 nitrogen and oxygen atoms in total. The molecule has 0 saturated heterocycles. The molecule has 0 fully saturated rings. The van der Waals surface area contributed by atoms with Gasteiger partial charge in [0.1, 0.15) is 5.69 Å². The van der Waals surface area contributed by atoms with Crippen molar-refractivity contribution in [3.63, 3.8) is 0 Å². The van der Waals surface area contributed by atoms with Crippen LogP contribution in [0.15, 0.2) is 54.7 Å². The molecule has 7 heteroatoms. The Morgan fingerprint density at radius 1 is 1.08 bits per heavy atom. The summed E-state index contributed by atoms with van der Waals surface area (Å²) >= 11 is 5.63. The number of hydrogen-bond donors (Lipinski definition) is 0. The molecule has 0 aliphatic carbocycles. The second-order valence-corrected chi connectivity index (χ2v) is 5.43. The summed E-state index contributed by atoms with van der Waals surface area (Å²) in [6.07, 6.45) is -2.56. The predicted molar refractivity (Wildman–Crippen MR) is 84.4 cm³/mol. The number of aromatic nitrogens is 2. The first-order valence-corrected chi connectivity index (χ1v) is 7.25. The molecule has 0 aliphatic rings. The fourth-order valence-electron chi connectivity index (χ4n) is 2.30. The van der Waals surface area contributed by atoms with Gasteiger partial charge in [-0.25, -0.2) is 4.68 Å². The Balaban J connectivity index is 2.13. The van der Waals surface area contributed by atoms with Crippen molar-refractivity contribution in [2.24, 2.45) is 0 Å². The van der Waals surface area contributed by atoms with Crippen molar-refractivity contribution in [3.05, 3.63) is 70.9 Å². The minimum atomic E-state index is -4.59. The van der Waals surface area contributed by atoms with Crippen LogP contribution in [0.25, 0.3) is 16.9 Å². The Labute approximate surface area is 140 Å². The van der Waals surface area contributed by atoms with Gasteiger partial charge in [0.05, 0.1) is 21.8 Å². The number of nitrogens with zero attached hydrogens (tertiary/aromatic N) is 2. The number of benzene rings is 2. The molecule has 0 atom stereocenters. The summed E-state index contributed by atoms with van der Waals surface area (Å²) in [5, 5.41) is 3.85. The van der Waals surface area contributed by atoms with Crippen molar-refractivity contribution in [2.75, 3.05) is 0 Å². The van der Waals surface area contributed by atoms with E-state index in [9.17, 15) is 18.0 Å². The number of rotatable bonds is 3. The Morgan fingerprint density at radius 2 is 1.79 bits per heavy atom. The lowest BCUT2D eigenvalue weighted by Gasteiger charge is -2.10. The fourth-order valence-corrected chi connectivity index (χ4v) is 2.53. The van der Waals surface area contributed by atoms with Gasteiger partial charge in [-0.2, -0.15) is 18.3 Å². The summed E-state index contributed by atoms with van der Waals surface area (Å²) in [4.78, 5) is 11.3. The summed E-state index contributed by atoms with van der Waals surface area (Å²) in [6, 6.07) is 12.4. The zero-order chi connectivity index (χ0) is 17.3. The van der Waals surface area contributed by atoms with E-state index in [0.717, 1.165) is 12.1 Å². The Hall–Kier alpha value is -2.60. The van der Waals surface area contributed by atoms with Crippen LogP contribution in [0.2, 0.25) is 5.02 Å². The molecule has 0 amide bonds. The van der Waals surface area contributed by atoms with E-state index in [-0.39, 0.29) is 16.8 Å². The predicted octanol–water partition coefficient (Wildman–Crippen LogP) is 5.02. The first-order valence-electron chi connectivity index (χ1n) is 6.87. The van der Waals surface area contributed by atoms with E-state index >= 15 is 0 Å². The zero-order valence-corrected chi connectivity index (χ0v) is 12.8. The minimum absolute atomic E-state index is 0.163. The van der Waals surface area contributed by atoms with Gasteiger partial charge < -0.3 is 0 Å². The normalized spacial score (nSPS) is 11.5. The van der Waals surface area contributed by atoms with E-state index in [1.54, 1.807) is 24.3 Å². The SMILES string of the molecule is O=Cc1cn(-c2ccccc2)nc1-c1ccc(Cl)c(C(F)(F)F)c1. The van der Waals surface area contributed by atoms with Crippen molar-refractivity contribution in [2.45, 2.75) is 6.18 Å². The second-order valence-electron chi connectivity index (χ2n) is 5.02. The summed E-state index contributed by atoms with van der Waals surface area (Å²) in [5.74, 6) is 0. The smallest absolute Gasteiger partial charge is 0.298 e. The monoisotopic (exact) mass is 350 g/mol. The summed E-state index contributed by atoms with van der Waals surface area (Å²) in [6.45, 7) is 0. The first kappa shape index (κ1) is 16.3. The molecular formula is C17H10ClF3N2O. The van der Waals surface area contributed by atoms with Crippen LogP contribution >= 0.6 is 11.6 Å². The van der Waals surface area contributed by atoms with Crippen LogP contribution in [0.3, 0.4) is 0 Å². The number of aldehydes is 1. The third kappa shape index (κ3) is 3.05. The Kier molecular flexibility index (Phi) is 4.15. The number of hydrogen-bond acceptors (Lipinski definition) is 2. The molecule has 1 heterocycles. The van der Waals surface area contributed by atoms with Gasteiger partial charge >= 0.3 is 6.18 Å². The van der Waals surface area contributed by atoms with E-state index in [4.69, 9.17) is 11.6 Å². The molecule has 0 N–H and O–H groups in total. The van der Waals surface area contributed by atoms with Crippen LogP contribution in [-0.4, -0.2) is 16.1 Å². The molecule has 1 aromatic heterocycles. The van der Waals surface area contributed by atoms with Crippen LogP contribution < -0.4 is 0 Å². The highest BCUT2D eigenvalue weighted by Gasteiger charge is 2.33. The molecule has 0 bridgehead atoms. The molecule has 0 spiro atoms. The van der Waals surface area contributed by atoms with E-state index in [1.165, 1.54) is 16.9 Å². The highest BCUT2D eigenvalue weighted by Crippen LogP contribution is 2.37. The van der Waals surface area contributed by atoms with Crippen LogP contribution in [-0.2, 0) is 6.18 Å². The largest absolute Gasteiger partial charge is 0.417 e. The molecule has 0 saturated carbocycles. The summed E-state index contributed by atoms with van der Waals surface area (Å²) in [5.41, 5.74) is 0.249. The highest BCUT2D eigenvalue weighted by atomic mass is 35.5. The van der Waals surface area contributed by atoms with Crippen molar-refractivity contribution in [1.29, 1.82) is 0 Å². The minimum Gasteiger partial charge on any atom is -0.298 e. The van der Waals surface area contributed by atoms with Gasteiger partial charge in [-0.05, 0) is 24.3 Å². The van der Waals surface area contributed by atoms with Crippen LogP contribution in [0.5, 0.6) is 0 Å². The van der Waals surface area contributed by atoms with E-state index in [2.05, 4.69) is 5.10 Å². The molecule has 0 radical (unpaired) electrons. The summed E-state index contributed by atoms with van der Waals surface area (Å²) in [7, 11) is 0. The van der Waals surface area contributed by atoms with Gasteiger partial charge in [0.25, 0.3) is 0 Å². The lowest BCUT2D eigenvalue weighted by molar-refractivity contribution is -0.137. The van der Waals surface area contributed by atoms with Gasteiger partial charge in [0.15, 0.2) is 6.29 Å². The number of halogens is 4. The Morgan fingerprint density at radius 3 is 2.42 bits per heavy atom. The molecule has 0 unspecified atom stereocenters. The number of carbonyl (C=O) groups excluding carboxylic acids is 1. The van der Waals surface area contributed by atoms with Crippen LogP contribution in [0.4, 0.5) is 13.2 Å². The standard InChI is InChI=1S/C17H10ClF3N2O/c18-15-7-6-11(8-14(15)17(19,20)21)16-12(10-24)9-23(22-16)13-4-2-1-3-5-13/h1-10H. The Bertz CT molecular complexity index is 889. The van der Waals surface area contributed by atoms with Crippen molar-refractivity contribution in [3.8, 4) is 16.9 Å².